The van der Waals surface area contributed by atoms with E-state index in [0.717, 1.165) is 15.7 Å². The fourth-order valence-corrected chi connectivity index (χ4v) is 2.22. The lowest BCUT2D eigenvalue weighted by Gasteiger charge is -2.11. The largest absolute Gasteiger partial charge is 0.483 e. The molecule has 0 aliphatic heterocycles. The van der Waals surface area contributed by atoms with Crippen molar-refractivity contribution in [1.82, 2.24) is 0 Å². The molecular formula is C15H11F3INO2. The van der Waals surface area contributed by atoms with Gasteiger partial charge in [-0.05, 0) is 52.9 Å². The first-order valence-electron chi connectivity index (χ1n) is 6.21. The zero-order valence-electron chi connectivity index (χ0n) is 11.2. The molecule has 2 aromatic rings. The van der Waals surface area contributed by atoms with Crippen molar-refractivity contribution in [2.45, 2.75) is 6.18 Å². The van der Waals surface area contributed by atoms with Gasteiger partial charge in [-0.2, -0.15) is 13.2 Å². The Hall–Kier alpha value is -1.77. The van der Waals surface area contributed by atoms with Crippen LogP contribution in [0.2, 0.25) is 0 Å². The number of carbonyl (C=O) groups is 1. The molecule has 0 aliphatic rings. The summed E-state index contributed by atoms with van der Waals surface area (Å²) in [5.41, 5.74) is -0.741. The Balaban J connectivity index is 1.97. The number of nitrogens with one attached hydrogen (secondary N) is 1. The molecule has 0 aliphatic carbocycles. The summed E-state index contributed by atoms with van der Waals surface area (Å²) < 4.78 is 43.9. The number of amides is 1. The number of benzene rings is 2. The van der Waals surface area contributed by atoms with Crippen LogP contribution in [0.25, 0.3) is 0 Å². The molecule has 0 aromatic heterocycles. The van der Waals surface area contributed by atoms with Crippen LogP contribution in [0, 0.1) is 3.57 Å². The minimum absolute atomic E-state index is 0.0752. The third-order valence-corrected chi connectivity index (χ3v) is 3.56. The highest BCUT2D eigenvalue weighted by atomic mass is 127. The summed E-state index contributed by atoms with van der Waals surface area (Å²) >= 11 is 2.06. The Morgan fingerprint density at radius 1 is 1.14 bits per heavy atom. The topological polar surface area (TPSA) is 38.3 Å². The fourth-order valence-electron chi connectivity index (χ4n) is 1.68. The maximum absolute atomic E-state index is 12.6. The van der Waals surface area contributed by atoms with E-state index < -0.39 is 17.6 Å². The summed E-state index contributed by atoms with van der Waals surface area (Å²) in [4.78, 5) is 11.7. The smallest absolute Gasteiger partial charge is 0.416 e. The number of alkyl halides is 3. The number of hydrogen-bond donors (Lipinski definition) is 1. The van der Waals surface area contributed by atoms with E-state index in [-0.39, 0.29) is 12.3 Å². The molecule has 0 radical (unpaired) electrons. The minimum atomic E-state index is -4.45. The second-order valence-corrected chi connectivity index (χ2v) is 5.51. The average molecular weight is 421 g/mol. The predicted octanol–water partition coefficient (Wildman–Crippen LogP) is 4.33. The van der Waals surface area contributed by atoms with Gasteiger partial charge in [0, 0.05) is 5.69 Å². The molecular weight excluding hydrogens is 410 g/mol. The van der Waals surface area contributed by atoms with Gasteiger partial charge >= 0.3 is 6.18 Å². The van der Waals surface area contributed by atoms with E-state index >= 15 is 0 Å². The van der Waals surface area contributed by atoms with Gasteiger partial charge < -0.3 is 10.1 Å². The second kappa shape index (κ2) is 6.99. The first-order chi connectivity index (χ1) is 10.4. The van der Waals surface area contributed by atoms with Gasteiger partial charge in [0.25, 0.3) is 5.91 Å². The summed E-state index contributed by atoms with van der Waals surface area (Å²) in [6.07, 6.45) is -4.45. The lowest BCUT2D eigenvalue weighted by molar-refractivity contribution is -0.137. The van der Waals surface area contributed by atoms with Gasteiger partial charge in [-0.15, -0.1) is 0 Å². The monoisotopic (exact) mass is 421 g/mol. The zero-order chi connectivity index (χ0) is 16.2. The Morgan fingerprint density at radius 3 is 2.55 bits per heavy atom. The SMILES string of the molecule is O=C(COc1ccccc1I)Nc1cccc(C(F)(F)F)c1. The molecule has 116 valence electrons. The molecule has 0 unspecified atom stereocenters. The van der Waals surface area contributed by atoms with Crippen LogP contribution in [0.15, 0.2) is 48.5 Å². The van der Waals surface area contributed by atoms with Gasteiger partial charge in [0.1, 0.15) is 5.75 Å². The van der Waals surface area contributed by atoms with Gasteiger partial charge in [0.05, 0.1) is 9.13 Å². The second-order valence-electron chi connectivity index (χ2n) is 4.35. The van der Waals surface area contributed by atoms with Crippen molar-refractivity contribution >= 4 is 34.2 Å². The van der Waals surface area contributed by atoms with Gasteiger partial charge in [-0.25, -0.2) is 0 Å². The third-order valence-electron chi connectivity index (χ3n) is 2.67. The lowest BCUT2D eigenvalue weighted by atomic mass is 10.2. The number of carbonyl (C=O) groups excluding carboxylic acids is 1. The molecule has 0 saturated carbocycles. The summed E-state index contributed by atoms with van der Waals surface area (Å²) in [5.74, 6) is 0.0151. The van der Waals surface area contributed by atoms with Crippen molar-refractivity contribution in [3.05, 3.63) is 57.7 Å². The number of anilines is 1. The Bertz CT molecular complexity index is 674. The third kappa shape index (κ3) is 4.62. The van der Waals surface area contributed by atoms with Crippen LogP contribution < -0.4 is 10.1 Å². The first kappa shape index (κ1) is 16.6. The van der Waals surface area contributed by atoms with E-state index in [9.17, 15) is 18.0 Å². The zero-order valence-corrected chi connectivity index (χ0v) is 13.3. The Labute approximate surface area is 138 Å². The molecule has 22 heavy (non-hydrogen) atoms. The van der Waals surface area contributed by atoms with E-state index in [4.69, 9.17) is 4.74 Å². The number of halogens is 4. The molecule has 7 heteroatoms. The number of ether oxygens (including phenoxy) is 1. The minimum Gasteiger partial charge on any atom is -0.483 e. The summed E-state index contributed by atoms with van der Waals surface area (Å²) in [6, 6.07) is 11.6. The van der Waals surface area contributed by atoms with Gasteiger partial charge in [0.15, 0.2) is 6.61 Å². The maximum Gasteiger partial charge on any atom is 0.416 e. The van der Waals surface area contributed by atoms with E-state index in [2.05, 4.69) is 27.9 Å². The Morgan fingerprint density at radius 2 is 1.86 bits per heavy atom. The summed E-state index contributed by atoms with van der Waals surface area (Å²) in [6.45, 7) is -0.281. The molecule has 0 spiro atoms. The van der Waals surface area contributed by atoms with Crippen LogP contribution in [0.3, 0.4) is 0 Å². The normalized spacial score (nSPS) is 11.1. The highest BCUT2D eigenvalue weighted by Crippen LogP contribution is 2.30. The number of rotatable bonds is 4. The lowest BCUT2D eigenvalue weighted by Crippen LogP contribution is -2.20. The molecule has 1 amide bonds. The molecule has 2 rings (SSSR count). The van der Waals surface area contributed by atoms with Crippen LogP contribution in [0.4, 0.5) is 18.9 Å². The van der Waals surface area contributed by atoms with Crippen LogP contribution in [-0.2, 0) is 11.0 Å². The molecule has 3 nitrogen and oxygen atoms in total. The maximum atomic E-state index is 12.6. The number of hydrogen-bond acceptors (Lipinski definition) is 2. The Kier molecular flexibility index (Phi) is 5.28. The van der Waals surface area contributed by atoms with Crippen LogP contribution in [0.5, 0.6) is 5.75 Å². The first-order valence-corrected chi connectivity index (χ1v) is 7.28. The highest BCUT2D eigenvalue weighted by Gasteiger charge is 2.30. The van der Waals surface area contributed by atoms with Crippen LogP contribution in [-0.4, -0.2) is 12.5 Å². The quantitative estimate of drug-likeness (QED) is 0.747. The van der Waals surface area contributed by atoms with E-state index in [1.54, 1.807) is 12.1 Å². The van der Waals surface area contributed by atoms with E-state index in [1.807, 2.05) is 12.1 Å². The highest BCUT2D eigenvalue weighted by molar-refractivity contribution is 14.1. The molecule has 0 heterocycles. The van der Waals surface area contributed by atoms with Crippen molar-refractivity contribution in [2.24, 2.45) is 0 Å². The van der Waals surface area contributed by atoms with E-state index in [1.165, 1.54) is 12.1 Å². The molecule has 1 N–H and O–H groups in total. The predicted molar refractivity (Wildman–Crippen MR) is 84.7 cm³/mol. The van der Waals surface area contributed by atoms with Crippen LogP contribution >= 0.6 is 22.6 Å². The van der Waals surface area contributed by atoms with Crippen molar-refractivity contribution < 1.29 is 22.7 Å². The van der Waals surface area contributed by atoms with Crippen molar-refractivity contribution in [3.8, 4) is 5.75 Å². The fraction of sp³-hybridized carbons (Fsp3) is 0.133. The number of para-hydroxylation sites is 1. The van der Waals surface area contributed by atoms with E-state index in [0.29, 0.717) is 5.75 Å². The van der Waals surface area contributed by atoms with Crippen molar-refractivity contribution in [3.63, 3.8) is 0 Å². The van der Waals surface area contributed by atoms with Gasteiger partial charge in [-0.3, -0.25) is 4.79 Å². The van der Waals surface area contributed by atoms with Crippen molar-refractivity contribution in [1.29, 1.82) is 0 Å². The molecule has 0 fully saturated rings. The molecule has 0 bridgehead atoms. The molecule has 0 saturated heterocycles. The van der Waals surface area contributed by atoms with Crippen LogP contribution in [0.1, 0.15) is 5.56 Å². The van der Waals surface area contributed by atoms with Crippen molar-refractivity contribution in [2.75, 3.05) is 11.9 Å². The average Bonchev–Trinajstić information content (AvgIpc) is 2.46. The molecule has 2 aromatic carbocycles. The van der Waals surface area contributed by atoms with Gasteiger partial charge in [-0.1, -0.05) is 18.2 Å². The summed E-state index contributed by atoms with van der Waals surface area (Å²) in [7, 11) is 0. The summed E-state index contributed by atoms with van der Waals surface area (Å²) in [5, 5.41) is 2.38. The molecule has 0 atom stereocenters. The standard InChI is InChI=1S/C15H11F3INO2/c16-15(17,18)10-4-3-5-11(8-10)20-14(21)9-22-13-7-2-1-6-12(13)19/h1-8H,9H2,(H,20,21). The van der Waals surface area contributed by atoms with Gasteiger partial charge in [0.2, 0.25) is 0 Å².